The molecule has 92 valence electrons. The second kappa shape index (κ2) is 4.14. The fourth-order valence-electron chi connectivity index (χ4n) is 2.21. The SMILES string of the molecule is Cc1c(C)n(Cc2ccco2)c2c(Cl)nncc12. The fraction of sp³-hybridized carbons (Fsp3) is 0.231. The molecule has 18 heavy (non-hydrogen) atoms. The molecule has 0 spiro atoms. The van der Waals surface area contributed by atoms with Crippen LogP contribution < -0.4 is 0 Å². The molecule has 0 saturated carbocycles. The Morgan fingerprint density at radius 1 is 1.39 bits per heavy atom. The largest absolute Gasteiger partial charge is 0.467 e. The molecule has 0 radical (unpaired) electrons. The van der Waals surface area contributed by atoms with Gasteiger partial charge in [-0.1, -0.05) is 11.6 Å². The Bertz CT molecular complexity index is 701. The van der Waals surface area contributed by atoms with E-state index in [-0.39, 0.29) is 0 Å². The van der Waals surface area contributed by atoms with Crippen LogP contribution in [-0.2, 0) is 6.54 Å². The molecule has 0 atom stereocenters. The fourth-order valence-corrected chi connectivity index (χ4v) is 2.46. The minimum absolute atomic E-state index is 0.426. The monoisotopic (exact) mass is 261 g/mol. The topological polar surface area (TPSA) is 43.9 Å². The predicted octanol–water partition coefficient (Wildman–Crippen LogP) is 3.34. The van der Waals surface area contributed by atoms with Crippen LogP contribution in [0.3, 0.4) is 0 Å². The molecule has 0 unspecified atom stereocenters. The molecule has 0 bridgehead atoms. The van der Waals surface area contributed by atoms with Gasteiger partial charge in [0.1, 0.15) is 5.76 Å². The summed E-state index contributed by atoms with van der Waals surface area (Å²) in [6.07, 6.45) is 3.42. The smallest absolute Gasteiger partial charge is 0.175 e. The van der Waals surface area contributed by atoms with E-state index in [4.69, 9.17) is 16.0 Å². The van der Waals surface area contributed by atoms with E-state index in [1.807, 2.05) is 12.1 Å². The van der Waals surface area contributed by atoms with Gasteiger partial charge in [-0.2, -0.15) is 5.10 Å². The molecule has 0 aromatic carbocycles. The third kappa shape index (κ3) is 1.61. The molecule has 0 aliphatic carbocycles. The van der Waals surface area contributed by atoms with E-state index in [2.05, 4.69) is 28.6 Å². The van der Waals surface area contributed by atoms with Gasteiger partial charge in [-0.25, -0.2) is 0 Å². The molecular formula is C13H12ClN3O. The maximum atomic E-state index is 6.16. The van der Waals surface area contributed by atoms with Gasteiger partial charge >= 0.3 is 0 Å². The lowest BCUT2D eigenvalue weighted by Crippen LogP contribution is -2.01. The molecule has 0 amide bonds. The Kier molecular flexibility index (Phi) is 2.59. The molecule has 4 nitrogen and oxygen atoms in total. The van der Waals surface area contributed by atoms with Crippen LogP contribution >= 0.6 is 11.6 Å². The second-order valence-electron chi connectivity index (χ2n) is 4.27. The summed E-state index contributed by atoms with van der Waals surface area (Å²) < 4.78 is 7.50. The maximum Gasteiger partial charge on any atom is 0.175 e. The van der Waals surface area contributed by atoms with E-state index >= 15 is 0 Å². The van der Waals surface area contributed by atoms with E-state index in [1.54, 1.807) is 12.5 Å². The number of fused-ring (bicyclic) bond motifs is 1. The first kappa shape index (κ1) is 11.3. The van der Waals surface area contributed by atoms with Crippen LogP contribution in [0.5, 0.6) is 0 Å². The van der Waals surface area contributed by atoms with Gasteiger partial charge in [0.05, 0.1) is 24.5 Å². The van der Waals surface area contributed by atoms with Crippen molar-refractivity contribution in [1.29, 1.82) is 0 Å². The molecule has 3 aromatic rings. The quantitative estimate of drug-likeness (QED) is 0.711. The molecule has 3 aromatic heterocycles. The van der Waals surface area contributed by atoms with Crippen LogP contribution in [0.2, 0.25) is 5.15 Å². The first-order chi connectivity index (χ1) is 8.68. The summed E-state index contributed by atoms with van der Waals surface area (Å²) >= 11 is 6.16. The molecule has 5 heteroatoms. The highest BCUT2D eigenvalue weighted by atomic mass is 35.5. The van der Waals surface area contributed by atoms with Gasteiger partial charge in [-0.05, 0) is 31.5 Å². The van der Waals surface area contributed by atoms with Crippen molar-refractivity contribution in [1.82, 2.24) is 14.8 Å². The van der Waals surface area contributed by atoms with Crippen molar-refractivity contribution >= 4 is 22.5 Å². The van der Waals surface area contributed by atoms with Gasteiger partial charge in [0.15, 0.2) is 5.15 Å². The highest BCUT2D eigenvalue weighted by Gasteiger charge is 2.15. The first-order valence-corrected chi connectivity index (χ1v) is 6.05. The number of halogens is 1. The van der Waals surface area contributed by atoms with Crippen LogP contribution in [0.25, 0.3) is 10.9 Å². The highest BCUT2D eigenvalue weighted by Crippen LogP contribution is 2.29. The van der Waals surface area contributed by atoms with E-state index in [0.29, 0.717) is 11.7 Å². The highest BCUT2D eigenvalue weighted by molar-refractivity contribution is 6.33. The van der Waals surface area contributed by atoms with Crippen molar-refractivity contribution in [3.05, 3.63) is 46.8 Å². The standard InChI is InChI=1S/C13H12ClN3O/c1-8-9(2)17(7-10-4-3-5-18-10)12-11(8)6-15-16-13(12)14/h3-6H,7H2,1-2H3. The summed E-state index contributed by atoms with van der Waals surface area (Å²) in [5.41, 5.74) is 3.24. The predicted molar refractivity (Wildman–Crippen MR) is 69.8 cm³/mol. The van der Waals surface area contributed by atoms with Crippen molar-refractivity contribution < 1.29 is 4.42 Å². The van der Waals surface area contributed by atoms with Gasteiger partial charge < -0.3 is 8.98 Å². The summed E-state index contributed by atoms with van der Waals surface area (Å²) in [6.45, 7) is 4.78. The van der Waals surface area contributed by atoms with Crippen LogP contribution in [0.1, 0.15) is 17.0 Å². The van der Waals surface area contributed by atoms with Gasteiger partial charge in [0, 0.05) is 11.1 Å². The summed E-state index contributed by atoms with van der Waals surface area (Å²) in [7, 11) is 0. The Hall–Kier alpha value is -1.81. The summed E-state index contributed by atoms with van der Waals surface area (Å²) in [5.74, 6) is 0.892. The molecule has 0 aliphatic rings. The van der Waals surface area contributed by atoms with Gasteiger partial charge in [0.25, 0.3) is 0 Å². The number of aryl methyl sites for hydroxylation is 1. The molecule has 0 fully saturated rings. The first-order valence-electron chi connectivity index (χ1n) is 5.67. The van der Waals surface area contributed by atoms with Gasteiger partial charge in [0.2, 0.25) is 0 Å². The molecule has 0 aliphatic heterocycles. The number of furan rings is 1. The Morgan fingerprint density at radius 3 is 2.94 bits per heavy atom. The molecule has 0 saturated heterocycles. The zero-order valence-corrected chi connectivity index (χ0v) is 10.9. The van der Waals surface area contributed by atoms with E-state index in [0.717, 1.165) is 22.4 Å². The average Bonchev–Trinajstić information content (AvgIpc) is 2.94. The third-order valence-corrected chi connectivity index (χ3v) is 3.55. The minimum atomic E-state index is 0.426. The lowest BCUT2D eigenvalue weighted by atomic mass is 10.2. The van der Waals surface area contributed by atoms with E-state index < -0.39 is 0 Å². The van der Waals surface area contributed by atoms with Crippen LogP contribution in [0.15, 0.2) is 29.0 Å². The number of aromatic nitrogens is 3. The zero-order valence-electron chi connectivity index (χ0n) is 10.1. The Balaban J connectivity index is 2.24. The van der Waals surface area contributed by atoms with Crippen LogP contribution in [0, 0.1) is 13.8 Å². The lowest BCUT2D eigenvalue weighted by molar-refractivity contribution is 0.494. The molecule has 3 rings (SSSR count). The lowest BCUT2D eigenvalue weighted by Gasteiger charge is -2.06. The molecule has 3 heterocycles. The maximum absolute atomic E-state index is 6.16. The Labute approximate surface area is 109 Å². The van der Waals surface area contributed by atoms with Crippen LogP contribution in [-0.4, -0.2) is 14.8 Å². The van der Waals surface area contributed by atoms with Gasteiger partial charge in [-0.3, -0.25) is 0 Å². The normalized spacial score (nSPS) is 11.3. The van der Waals surface area contributed by atoms with Crippen molar-refractivity contribution in [3.63, 3.8) is 0 Å². The summed E-state index contributed by atoms with van der Waals surface area (Å²) in [5, 5.41) is 9.29. The van der Waals surface area contributed by atoms with Crippen molar-refractivity contribution in [3.8, 4) is 0 Å². The zero-order chi connectivity index (χ0) is 12.7. The van der Waals surface area contributed by atoms with Crippen LogP contribution in [0.4, 0.5) is 0 Å². The van der Waals surface area contributed by atoms with Crippen molar-refractivity contribution in [2.45, 2.75) is 20.4 Å². The second-order valence-corrected chi connectivity index (χ2v) is 4.63. The number of hydrogen-bond acceptors (Lipinski definition) is 3. The molecule has 0 N–H and O–H groups in total. The summed E-state index contributed by atoms with van der Waals surface area (Å²) in [6, 6.07) is 3.83. The minimum Gasteiger partial charge on any atom is -0.467 e. The van der Waals surface area contributed by atoms with Crippen molar-refractivity contribution in [2.24, 2.45) is 0 Å². The van der Waals surface area contributed by atoms with Crippen molar-refractivity contribution in [2.75, 3.05) is 0 Å². The Morgan fingerprint density at radius 2 is 2.22 bits per heavy atom. The third-order valence-electron chi connectivity index (χ3n) is 3.30. The number of rotatable bonds is 2. The van der Waals surface area contributed by atoms with Gasteiger partial charge in [-0.15, -0.1) is 5.10 Å². The summed E-state index contributed by atoms with van der Waals surface area (Å²) in [4.78, 5) is 0. The number of nitrogens with zero attached hydrogens (tertiary/aromatic N) is 3. The molecular weight excluding hydrogens is 250 g/mol. The van der Waals surface area contributed by atoms with E-state index in [1.165, 1.54) is 5.56 Å². The number of hydrogen-bond donors (Lipinski definition) is 0. The van der Waals surface area contributed by atoms with E-state index in [9.17, 15) is 0 Å². The average molecular weight is 262 g/mol.